The normalized spacial score (nSPS) is 17.2. The van der Waals surface area contributed by atoms with Crippen molar-refractivity contribution < 1.29 is 0 Å². The van der Waals surface area contributed by atoms with Gasteiger partial charge in [0, 0.05) is 49.8 Å². The smallest absolute Gasteiger partial charge is 0.0674 e. The lowest BCUT2D eigenvalue weighted by Crippen LogP contribution is -2.43. The second kappa shape index (κ2) is 5.76. The van der Waals surface area contributed by atoms with Crippen molar-refractivity contribution in [1.82, 2.24) is 14.8 Å². The fourth-order valence-corrected chi connectivity index (χ4v) is 3.38. The molecule has 3 nitrogen and oxygen atoms in total. The summed E-state index contributed by atoms with van der Waals surface area (Å²) in [5, 5.41) is 5.50. The molecular formula is C16H22ClN3. The van der Waals surface area contributed by atoms with Gasteiger partial charge in [0.25, 0.3) is 0 Å². The Morgan fingerprint density at radius 1 is 1.25 bits per heavy atom. The van der Waals surface area contributed by atoms with E-state index in [1.54, 1.807) is 0 Å². The molecule has 1 aromatic carbocycles. The minimum absolute atomic E-state index is 0.422. The molecule has 0 unspecified atom stereocenters. The van der Waals surface area contributed by atoms with E-state index in [1.165, 1.54) is 16.6 Å². The second-order valence-corrected chi connectivity index (χ2v) is 6.21. The molecule has 0 atom stereocenters. The maximum Gasteiger partial charge on any atom is 0.0674 e. The number of aromatic nitrogens is 1. The number of nitrogens with one attached hydrogen (secondary N) is 1. The van der Waals surface area contributed by atoms with Crippen LogP contribution in [0.25, 0.3) is 10.9 Å². The molecule has 1 aliphatic rings. The third-order valence-corrected chi connectivity index (χ3v) is 4.31. The molecule has 1 aliphatic heterocycles. The Morgan fingerprint density at radius 2 is 2.00 bits per heavy atom. The molecule has 0 saturated carbocycles. The van der Waals surface area contributed by atoms with E-state index in [1.807, 2.05) is 12.1 Å². The number of hydrogen-bond acceptors (Lipinski definition) is 2. The van der Waals surface area contributed by atoms with E-state index in [4.69, 9.17) is 11.6 Å². The Bertz CT molecular complexity index is 597. The predicted molar refractivity (Wildman–Crippen MR) is 85.5 cm³/mol. The van der Waals surface area contributed by atoms with E-state index in [0.29, 0.717) is 6.04 Å². The van der Waals surface area contributed by atoms with E-state index in [9.17, 15) is 0 Å². The zero-order valence-corrected chi connectivity index (χ0v) is 13.0. The molecule has 20 heavy (non-hydrogen) atoms. The van der Waals surface area contributed by atoms with Crippen LogP contribution >= 0.6 is 11.6 Å². The summed E-state index contributed by atoms with van der Waals surface area (Å²) in [5.41, 5.74) is 2.54. The molecule has 108 valence electrons. The van der Waals surface area contributed by atoms with Crippen molar-refractivity contribution in [2.45, 2.75) is 26.4 Å². The number of para-hydroxylation sites is 1. The van der Waals surface area contributed by atoms with E-state index >= 15 is 0 Å². The highest BCUT2D eigenvalue weighted by atomic mass is 35.5. The van der Waals surface area contributed by atoms with Gasteiger partial charge in [-0.05, 0) is 26.0 Å². The highest BCUT2D eigenvalue weighted by molar-refractivity contribution is 6.35. The Labute approximate surface area is 125 Å². The lowest BCUT2D eigenvalue weighted by molar-refractivity contribution is 0.227. The first-order valence-electron chi connectivity index (χ1n) is 7.38. The first-order valence-corrected chi connectivity index (χ1v) is 7.76. The van der Waals surface area contributed by atoms with Crippen LogP contribution in [0, 0.1) is 0 Å². The number of piperazine rings is 1. The molecule has 0 amide bonds. The molecule has 0 bridgehead atoms. The van der Waals surface area contributed by atoms with Gasteiger partial charge in [0.1, 0.15) is 0 Å². The molecular weight excluding hydrogens is 270 g/mol. The third kappa shape index (κ3) is 2.58. The lowest BCUT2D eigenvalue weighted by Gasteiger charge is -2.28. The van der Waals surface area contributed by atoms with Gasteiger partial charge in [0.2, 0.25) is 0 Å². The second-order valence-electron chi connectivity index (χ2n) is 5.80. The van der Waals surface area contributed by atoms with Crippen LogP contribution in [0.4, 0.5) is 0 Å². The minimum Gasteiger partial charge on any atom is -0.340 e. The van der Waals surface area contributed by atoms with Gasteiger partial charge in [-0.25, -0.2) is 0 Å². The van der Waals surface area contributed by atoms with E-state index in [-0.39, 0.29) is 0 Å². The van der Waals surface area contributed by atoms with Crippen molar-refractivity contribution in [1.29, 1.82) is 0 Å². The SMILES string of the molecule is CC(C)n1c(CN2CCNCC2)cc2cccc(Cl)c21. The van der Waals surface area contributed by atoms with Crippen molar-refractivity contribution in [3.63, 3.8) is 0 Å². The van der Waals surface area contributed by atoms with Crippen LogP contribution < -0.4 is 5.32 Å². The number of fused-ring (bicyclic) bond motifs is 1. The summed E-state index contributed by atoms with van der Waals surface area (Å²) in [4.78, 5) is 2.51. The van der Waals surface area contributed by atoms with Gasteiger partial charge in [0.05, 0.1) is 10.5 Å². The van der Waals surface area contributed by atoms with Gasteiger partial charge in [-0.1, -0.05) is 23.7 Å². The highest BCUT2D eigenvalue weighted by Crippen LogP contribution is 2.30. The molecule has 2 aromatic rings. The molecule has 1 N–H and O–H groups in total. The molecule has 0 aliphatic carbocycles. The number of halogens is 1. The summed E-state index contributed by atoms with van der Waals surface area (Å²) < 4.78 is 2.39. The van der Waals surface area contributed by atoms with Gasteiger partial charge in [-0.2, -0.15) is 0 Å². The first-order chi connectivity index (χ1) is 9.66. The number of hydrogen-bond donors (Lipinski definition) is 1. The monoisotopic (exact) mass is 291 g/mol. The third-order valence-electron chi connectivity index (χ3n) is 4.00. The van der Waals surface area contributed by atoms with E-state index < -0.39 is 0 Å². The summed E-state index contributed by atoms with van der Waals surface area (Å²) in [6.07, 6.45) is 0. The molecule has 0 spiro atoms. The van der Waals surface area contributed by atoms with Gasteiger partial charge in [-0.3, -0.25) is 4.90 Å². The van der Waals surface area contributed by atoms with Crippen LogP contribution in [0.3, 0.4) is 0 Å². The van der Waals surface area contributed by atoms with Crippen molar-refractivity contribution >= 4 is 22.5 Å². The van der Waals surface area contributed by atoms with E-state index in [2.05, 4.69) is 40.8 Å². The summed E-state index contributed by atoms with van der Waals surface area (Å²) >= 11 is 6.42. The van der Waals surface area contributed by atoms with Gasteiger partial charge in [0.15, 0.2) is 0 Å². The average Bonchev–Trinajstić information content (AvgIpc) is 2.79. The molecule has 1 saturated heterocycles. The van der Waals surface area contributed by atoms with Gasteiger partial charge >= 0.3 is 0 Å². The molecule has 4 heteroatoms. The van der Waals surface area contributed by atoms with Crippen LogP contribution in [0.1, 0.15) is 25.6 Å². The number of rotatable bonds is 3. The maximum atomic E-state index is 6.42. The van der Waals surface area contributed by atoms with Crippen molar-refractivity contribution in [2.75, 3.05) is 26.2 Å². The first kappa shape index (κ1) is 13.9. The number of benzene rings is 1. The minimum atomic E-state index is 0.422. The number of nitrogens with zero attached hydrogens (tertiary/aromatic N) is 2. The summed E-state index contributed by atoms with van der Waals surface area (Å²) in [6, 6.07) is 8.89. The van der Waals surface area contributed by atoms with Gasteiger partial charge in [-0.15, -0.1) is 0 Å². The van der Waals surface area contributed by atoms with Crippen LogP contribution in [0.15, 0.2) is 24.3 Å². The van der Waals surface area contributed by atoms with Crippen LogP contribution in [0.2, 0.25) is 5.02 Å². The summed E-state index contributed by atoms with van der Waals surface area (Å²) in [6.45, 7) is 9.87. The molecule has 1 aromatic heterocycles. The molecule has 1 fully saturated rings. The topological polar surface area (TPSA) is 20.2 Å². The van der Waals surface area contributed by atoms with Crippen molar-refractivity contribution in [3.05, 3.63) is 35.0 Å². The molecule has 0 radical (unpaired) electrons. The quantitative estimate of drug-likeness (QED) is 0.936. The molecule has 3 rings (SSSR count). The Kier molecular flexibility index (Phi) is 4.01. The van der Waals surface area contributed by atoms with Crippen LogP contribution in [-0.4, -0.2) is 35.6 Å². The summed E-state index contributed by atoms with van der Waals surface area (Å²) in [5.74, 6) is 0. The zero-order valence-electron chi connectivity index (χ0n) is 12.2. The van der Waals surface area contributed by atoms with Crippen LogP contribution in [0.5, 0.6) is 0 Å². The van der Waals surface area contributed by atoms with Crippen LogP contribution in [-0.2, 0) is 6.54 Å². The van der Waals surface area contributed by atoms with Crippen molar-refractivity contribution in [2.24, 2.45) is 0 Å². The van der Waals surface area contributed by atoms with Gasteiger partial charge < -0.3 is 9.88 Å². The highest BCUT2D eigenvalue weighted by Gasteiger charge is 2.17. The fraction of sp³-hybridized carbons (Fsp3) is 0.500. The average molecular weight is 292 g/mol. The summed E-state index contributed by atoms with van der Waals surface area (Å²) in [7, 11) is 0. The predicted octanol–water partition coefficient (Wildman–Crippen LogP) is 3.28. The maximum absolute atomic E-state index is 6.42. The standard InChI is InChI=1S/C16H22ClN3/c1-12(2)20-14(11-19-8-6-18-7-9-19)10-13-4-3-5-15(17)16(13)20/h3-5,10,12,18H,6-9,11H2,1-2H3. The Morgan fingerprint density at radius 3 is 2.70 bits per heavy atom. The zero-order chi connectivity index (χ0) is 14.1. The van der Waals surface area contributed by atoms with E-state index in [0.717, 1.165) is 37.7 Å². The Balaban J connectivity index is 2.01. The fourth-order valence-electron chi connectivity index (χ4n) is 3.11. The lowest BCUT2D eigenvalue weighted by atomic mass is 10.2. The Hall–Kier alpha value is -1.03. The van der Waals surface area contributed by atoms with Crippen molar-refractivity contribution in [3.8, 4) is 0 Å². The molecule has 2 heterocycles. The largest absolute Gasteiger partial charge is 0.340 e.